The lowest BCUT2D eigenvalue weighted by molar-refractivity contribution is 0.0600. The number of nitrogens with zero attached hydrogens (tertiary/aromatic N) is 2. The van der Waals surface area contributed by atoms with Crippen LogP contribution in [0.5, 0.6) is 17.2 Å². The molecule has 4 aromatic rings. The summed E-state index contributed by atoms with van der Waals surface area (Å²) in [5, 5.41) is 11.3. The summed E-state index contributed by atoms with van der Waals surface area (Å²) in [5.41, 5.74) is 7.44. The summed E-state index contributed by atoms with van der Waals surface area (Å²) in [6.45, 7) is 2.01. The second-order valence-corrected chi connectivity index (χ2v) is 10.00. The maximum Gasteiger partial charge on any atom is 0.337 e. The van der Waals surface area contributed by atoms with Gasteiger partial charge in [-0.1, -0.05) is 12.1 Å². The van der Waals surface area contributed by atoms with E-state index in [4.69, 9.17) is 18.9 Å². The van der Waals surface area contributed by atoms with Crippen molar-refractivity contribution < 1.29 is 28.8 Å². The summed E-state index contributed by atoms with van der Waals surface area (Å²) in [6.07, 6.45) is 1.75. The Labute approximate surface area is 227 Å². The van der Waals surface area contributed by atoms with Crippen LogP contribution in [0.25, 0.3) is 10.9 Å². The smallest absolute Gasteiger partial charge is 0.337 e. The number of hydrogen-bond acceptors (Lipinski definition) is 7. The van der Waals surface area contributed by atoms with E-state index in [1.807, 2.05) is 28.8 Å². The van der Waals surface area contributed by atoms with Gasteiger partial charge in [-0.3, -0.25) is 4.90 Å². The fourth-order valence-corrected chi connectivity index (χ4v) is 6.02. The summed E-state index contributed by atoms with van der Waals surface area (Å²) in [6, 6.07) is 17.7. The van der Waals surface area contributed by atoms with Crippen molar-refractivity contribution >= 4 is 16.9 Å². The maximum atomic E-state index is 11.7. The average Bonchev–Trinajstić information content (AvgIpc) is 3.29. The van der Waals surface area contributed by atoms with Gasteiger partial charge < -0.3 is 28.6 Å². The van der Waals surface area contributed by atoms with E-state index in [0.29, 0.717) is 23.7 Å². The van der Waals surface area contributed by atoms with Gasteiger partial charge in [-0.25, -0.2) is 4.79 Å². The largest absolute Gasteiger partial charge is 0.497 e. The first-order valence-corrected chi connectivity index (χ1v) is 13.1. The van der Waals surface area contributed by atoms with Crippen molar-refractivity contribution in [1.82, 2.24) is 9.47 Å². The normalized spacial score (nSPS) is 16.3. The number of methoxy groups -OCH3 is 3. The Bertz CT molecular complexity index is 1540. The molecule has 0 amide bonds. The highest BCUT2D eigenvalue weighted by molar-refractivity contribution is 5.89. The third kappa shape index (κ3) is 4.39. The van der Waals surface area contributed by atoms with Gasteiger partial charge in [-0.2, -0.15) is 0 Å². The van der Waals surface area contributed by atoms with Crippen LogP contribution >= 0.6 is 0 Å². The molecule has 2 aliphatic rings. The highest BCUT2D eigenvalue weighted by Gasteiger charge is 2.36. The summed E-state index contributed by atoms with van der Waals surface area (Å²) in [5.74, 6) is 1.87. The number of aliphatic hydroxyl groups excluding tert-OH is 1. The highest BCUT2D eigenvalue weighted by atomic mass is 16.5. The lowest BCUT2D eigenvalue weighted by Gasteiger charge is -2.41. The monoisotopic (exact) mass is 528 g/mol. The van der Waals surface area contributed by atoms with Crippen molar-refractivity contribution in [3.8, 4) is 17.2 Å². The van der Waals surface area contributed by atoms with Crippen LogP contribution in [-0.4, -0.2) is 48.4 Å². The predicted molar refractivity (Wildman–Crippen MR) is 146 cm³/mol. The molecule has 1 aromatic heterocycles. The third-order valence-electron chi connectivity index (χ3n) is 8.05. The first-order valence-electron chi connectivity index (χ1n) is 13.1. The molecule has 6 rings (SSSR count). The second-order valence-electron chi connectivity index (χ2n) is 10.00. The van der Waals surface area contributed by atoms with Gasteiger partial charge in [-0.05, 0) is 77.6 Å². The van der Waals surface area contributed by atoms with Crippen LogP contribution in [0.2, 0.25) is 0 Å². The molecule has 202 valence electrons. The van der Waals surface area contributed by atoms with Gasteiger partial charge in [0.15, 0.2) is 11.5 Å². The van der Waals surface area contributed by atoms with Gasteiger partial charge in [0.05, 0.1) is 32.4 Å². The minimum absolute atomic E-state index is 0.0484. The molecule has 0 aliphatic carbocycles. The number of aliphatic hydroxyl groups is 1. The minimum Gasteiger partial charge on any atom is -0.497 e. The molecule has 39 heavy (non-hydrogen) atoms. The van der Waals surface area contributed by atoms with Crippen LogP contribution < -0.4 is 14.2 Å². The van der Waals surface area contributed by atoms with Crippen LogP contribution in [0.15, 0.2) is 54.6 Å². The molecule has 0 saturated carbocycles. The Morgan fingerprint density at radius 3 is 2.54 bits per heavy atom. The Morgan fingerprint density at radius 2 is 1.82 bits per heavy atom. The fourth-order valence-electron chi connectivity index (χ4n) is 6.02. The molecule has 1 N–H and O–H groups in total. The zero-order chi connectivity index (χ0) is 27.1. The fraction of sp³-hybridized carbons (Fsp3) is 0.323. The summed E-state index contributed by atoms with van der Waals surface area (Å²) >= 11 is 0. The second kappa shape index (κ2) is 10.3. The molecule has 8 heteroatoms. The van der Waals surface area contributed by atoms with Crippen LogP contribution in [0.3, 0.4) is 0 Å². The Balaban J connectivity index is 1.29. The number of rotatable bonds is 7. The van der Waals surface area contributed by atoms with Crippen LogP contribution in [0.4, 0.5) is 0 Å². The standard InChI is InChI=1S/C31H32N2O6/c1-36-22-8-9-26-24(13-22)25-14-27-23-15-29(37-2)30(39-17-19-4-6-20(7-5-19)31(35)38-3)12-21(23)10-11-32(27)16-28(25)33(26)18-34/h4-9,12-13,15,27,34H,10-11,14,16-18H2,1-3H3. The SMILES string of the molecule is COC(=O)c1ccc(COc2cc3c(cc2OC)C2Cc4c(n(CO)c5ccc(OC)cc45)CN2CC3)cc1. The predicted octanol–water partition coefficient (Wildman–Crippen LogP) is 4.63. The molecular weight excluding hydrogens is 496 g/mol. The topological polar surface area (TPSA) is 82.4 Å². The lowest BCUT2D eigenvalue weighted by atomic mass is 9.85. The summed E-state index contributed by atoms with van der Waals surface area (Å²) in [7, 11) is 4.72. The maximum absolute atomic E-state index is 11.7. The van der Waals surface area contributed by atoms with E-state index in [-0.39, 0.29) is 18.7 Å². The van der Waals surface area contributed by atoms with E-state index in [1.54, 1.807) is 26.4 Å². The molecule has 0 bridgehead atoms. The van der Waals surface area contributed by atoms with E-state index in [2.05, 4.69) is 23.1 Å². The molecule has 0 spiro atoms. The Morgan fingerprint density at radius 1 is 1.00 bits per heavy atom. The number of fused-ring (bicyclic) bond motifs is 6. The molecule has 0 saturated heterocycles. The molecule has 3 heterocycles. The third-order valence-corrected chi connectivity index (χ3v) is 8.05. The highest BCUT2D eigenvalue weighted by Crippen LogP contribution is 2.45. The van der Waals surface area contributed by atoms with Crippen molar-refractivity contribution in [2.75, 3.05) is 27.9 Å². The number of esters is 1. The zero-order valence-corrected chi connectivity index (χ0v) is 22.4. The summed E-state index contributed by atoms with van der Waals surface area (Å²) < 4.78 is 24.3. The van der Waals surface area contributed by atoms with E-state index in [1.165, 1.54) is 29.5 Å². The van der Waals surface area contributed by atoms with Crippen LogP contribution in [0.1, 0.15) is 44.3 Å². The van der Waals surface area contributed by atoms with Gasteiger partial charge >= 0.3 is 5.97 Å². The minimum atomic E-state index is -0.359. The number of carbonyl (C=O) groups is 1. The average molecular weight is 529 g/mol. The zero-order valence-electron chi connectivity index (χ0n) is 22.4. The molecule has 0 fully saturated rings. The summed E-state index contributed by atoms with van der Waals surface area (Å²) in [4.78, 5) is 14.2. The molecule has 3 aromatic carbocycles. The van der Waals surface area contributed by atoms with E-state index in [0.717, 1.165) is 48.1 Å². The van der Waals surface area contributed by atoms with Crippen LogP contribution in [0, 0.1) is 0 Å². The van der Waals surface area contributed by atoms with Crippen molar-refractivity contribution in [1.29, 1.82) is 0 Å². The molecular formula is C31H32N2O6. The van der Waals surface area contributed by atoms with E-state index >= 15 is 0 Å². The molecule has 8 nitrogen and oxygen atoms in total. The number of benzene rings is 3. The number of hydrogen-bond donors (Lipinski definition) is 1. The van der Waals surface area contributed by atoms with Crippen molar-refractivity contribution in [3.05, 3.63) is 88.1 Å². The van der Waals surface area contributed by atoms with Crippen molar-refractivity contribution in [3.63, 3.8) is 0 Å². The Kier molecular flexibility index (Phi) is 6.66. The lowest BCUT2D eigenvalue weighted by Crippen LogP contribution is -2.39. The van der Waals surface area contributed by atoms with Gasteiger partial charge in [0.25, 0.3) is 0 Å². The van der Waals surface area contributed by atoms with Gasteiger partial charge in [0.2, 0.25) is 0 Å². The number of carbonyl (C=O) groups excluding carboxylic acids is 1. The van der Waals surface area contributed by atoms with Crippen molar-refractivity contribution in [2.45, 2.75) is 38.8 Å². The molecule has 1 unspecified atom stereocenters. The molecule has 0 radical (unpaired) electrons. The van der Waals surface area contributed by atoms with Gasteiger partial charge in [-0.15, -0.1) is 0 Å². The Hall–Kier alpha value is -4.01. The molecule has 1 atom stereocenters. The van der Waals surface area contributed by atoms with E-state index < -0.39 is 0 Å². The quantitative estimate of drug-likeness (QED) is 0.350. The van der Waals surface area contributed by atoms with Gasteiger partial charge in [0, 0.05) is 30.2 Å². The van der Waals surface area contributed by atoms with Gasteiger partial charge in [0.1, 0.15) is 19.1 Å². The first-order chi connectivity index (χ1) is 19.0. The molecule has 2 aliphatic heterocycles. The first kappa shape index (κ1) is 25.3. The van der Waals surface area contributed by atoms with Crippen molar-refractivity contribution in [2.24, 2.45) is 0 Å². The number of aromatic nitrogens is 1. The van der Waals surface area contributed by atoms with Crippen LogP contribution in [-0.2, 0) is 37.5 Å². The number of ether oxygens (including phenoxy) is 4. The van der Waals surface area contributed by atoms with E-state index in [9.17, 15) is 9.90 Å².